The summed E-state index contributed by atoms with van der Waals surface area (Å²) in [6.07, 6.45) is 2.66. The predicted molar refractivity (Wildman–Crippen MR) is 64.3 cm³/mol. The average Bonchev–Trinajstić information content (AvgIpc) is 2.34. The zero-order chi connectivity index (χ0) is 13.1. The minimum absolute atomic E-state index is 0.362. The summed E-state index contributed by atoms with van der Waals surface area (Å²) in [5.41, 5.74) is 0.272. The van der Waals surface area contributed by atoms with Gasteiger partial charge in [-0.05, 0) is 56.0 Å². The average molecular weight is 253 g/mol. The molecule has 1 fully saturated rings. The molecule has 1 aromatic rings. The smallest absolute Gasteiger partial charge is 0.339 e. The van der Waals surface area contributed by atoms with Gasteiger partial charge in [-0.1, -0.05) is 0 Å². The number of nitrogens with one attached hydrogen (secondary N) is 1. The standard InChI is InChI=1S/C13H16FNO3/c14-11-7-9(5-8-1-3-15-4-2-8)6-10(12(11)16)13(17)18/h6-8,15-16H,1-5H2,(H,17,18). The van der Waals surface area contributed by atoms with E-state index in [0.29, 0.717) is 17.9 Å². The Morgan fingerprint density at radius 3 is 2.67 bits per heavy atom. The molecule has 0 aromatic heterocycles. The summed E-state index contributed by atoms with van der Waals surface area (Å²) in [5, 5.41) is 21.5. The highest BCUT2D eigenvalue weighted by atomic mass is 19.1. The molecule has 0 amide bonds. The molecule has 3 N–H and O–H groups in total. The highest BCUT2D eigenvalue weighted by Gasteiger charge is 2.18. The lowest BCUT2D eigenvalue weighted by Gasteiger charge is -2.22. The van der Waals surface area contributed by atoms with Gasteiger partial charge in [-0.15, -0.1) is 0 Å². The van der Waals surface area contributed by atoms with Gasteiger partial charge in [0.15, 0.2) is 11.6 Å². The topological polar surface area (TPSA) is 69.6 Å². The second-order valence-corrected chi connectivity index (χ2v) is 4.68. The van der Waals surface area contributed by atoms with Crippen LogP contribution in [0, 0.1) is 11.7 Å². The van der Waals surface area contributed by atoms with Gasteiger partial charge in [0, 0.05) is 0 Å². The molecule has 1 aromatic carbocycles. The molecular formula is C13H16FNO3. The van der Waals surface area contributed by atoms with Crippen molar-refractivity contribution >= 4 is 5.97 Å². The van der Waals surface area contributed by atoms with Crippen LogP contribution >= 0.6 is 0 Å². The molecule has 1 heterocycles. The Bertz CT molecular complexity index is 456. The zero-order valence-corrected chi connectivity index (χ0v) is 9.95. The highest BCUT2D eigenvalue weighted by Crippen LogP contribution is 2.26. The van der Waals surface area contributed by atoms with Crippen LogP contribution in [0.5, 0.6) is 5.75 Å². The number of halogens is 1. The lowest BCUT2D eigenvalue weighted by atomic mass is 9.90. The Kier molecular flexibility index (Phi) is 3.81. The number of carbonyl (C=O) groups is 1. The van der Waals surface area contributed by atoms with E-state index in [4.69, 9.17) is 5.11 Å². The number of piperidine rings is 1. The minimum Gasteiger partial charge on any atom is -0.504 e. The third kappa shape index (κ3) is 2.79. The Morgan fingerprint density at radius 1 is 1.39 bits per heavy atom. The van der Waals surface area contributed by atoms with E-state index < -0.39 is 17.5 Å². The monoisotopic (exact) mass is 253 g/mol. The molecule has 0 atom stereocenters. The quantitative estimate of drug-likeness (QED) is 0.768. The maximum atomic E-state index is 13.4. The van der Waals surface area contributed by atoms with Crippen LogP contribution in [0.25, 0.3) is 0 Å². The molecular weight excluding hydrogens is 237 g/mol. The molecule has 0 aliphatic carbocycles. The van der Waals surface area contributed by atoms with Gasteiger partial charge in [0.1, 0.15) is 5.56 Å². The molecule has 0 radical (unpaired) electrons. The van der Waals surface area contributed by atoms with E-state index in [0.717, 1.165) is 25.9 Å². The second kappa shape index (κ2) is 5.35. The fourth-order valence-corrected chi connectivity index (χ4v) is 2.36. The number of aromatic carboxylic acids is 1. The SMILES string of the molecule is O=C(O)c1cc(CC2CCNCC2)cc(F)c1O. The van der Waals surface area contributed by atoms with Crippen LogP contribution in [0.2, 0.25) is 0 Å². The van der Waals surface area contributed by atoms with Crippen molar-refractivity contribution in [1.29, 1.82) is 0 Å². The van der Waals surface area contributed by atoms with E-state index in [1.807, 2.05) is 0 Å². The van der Waals surface area contributed by atoms with Crippen molar-refractivity contribution in [1.82, 2.24) is 5.32 Å². The summed E-state index contributed by atoms with van der Waals surface area (Å²) in [6, 6.07) is 2.59. The van der Waals surface area contributed by atoms with Crippen molar-refractivity contribution in [2.75, 3.05) is 13.1 Å². The highest BCUT2D eigenvalue weighted by molar-refractivity contribution is 5.91. The number of hydrogen-bond acceptors (Lipinski definition) is 3. The first kappa shape index (κ1) is 12.8. The summed E-state index contributed by atoms with van der Waals surface area (Å²) in [7, 11) is 0. The number of benzene rings is 1. The van der Waals surface area contributed by atoms with Gasteiger partial charge in [0.2, 0.25) is 0 Å². The molecule has 4 nitrogen and oxygen atoms in total. The number of carboxylic acid groups (broad SMARTS) is 1. The molecule has 5 heteroatoms. The molecule has 0 bridgehead atoms. The fourth-order valence-electron chi connectivity index (χ4n) is 2.36. The van der Waals surface area contributed by atoms with Crippen molar-refractivity contribution in [3.63, 3.8) is 0 Å². The second-order valence-electron chi connectivity index (χ2n) is 4.68. The summed E-state index contributed by atoms with van der Waals surface area (Å²) >= 11 is 0. The molecule has 2 rings (SSSR count). The number of hydrogen-bond donors (Lipinski definition) is 3. The van der Waals surface area contributed by atoms with Crippen LogP contribution in [-0.4, -0.2) is 29.3 Å². The maximum Gasteiger partial charge on any atom is 0.339 e. The van der Waals surface area contributed by atoms with Gasteiger partial charge >= 0.3 is 5.97 Å². The lowest BCUT2D eigenvalue weighted by molar-refractivity contribution is 0.0692. The van der Waals surface area contributed by atoms with Gasteiger partial charge in [0.05, 0.1) is 0 Å². The largest absolute Gasteiger partial charge is 0.504 e. The van der Waals surface area contributed by atoms with Crippen molar-refractivity contribution < 1.29 is 19.4 Å². The summed E-state index contributed by atoms with van der Waals surface area (Å²) in [6.45, 7) is 1.88. The van der Waals surface area contributed by atoms with E-state index in [1.165, 1.54) is 12.1 Å². The molecule has 0 unspecified atom stereocenters. The van der Waals surface area contributed by atoms with Crippen LogP contribution in [0.4, 0.5) is 4.39 Å². The molecule has 1 aliphatic rings. The van der Waals surface area contributed by atoms with E-state index in [-0.39, 0.29) is 5.56 Å². The van der Waals surface area contributed by atoms with E-state index in [2.05, 4.69) is 5.32 Å². The molecule has 18 heavy (non-hydrogen) atoms. The van der Waals surface area contributed by atoms with Gasteiger partial charge in [-0.25, -0.2) is 9.18 Å². The Hall–Kier alpha value is -1.62. The van der Waals surface area contributed by atoms with Crippen LogP contribution in [0.1, 0.15) is 28.8 Å². The molecule has 98 valence electrons. The number of phenols is 1. The maximum absolute atomic E-state index is 13.4. The first-order valence-electron chi connectivity index (χ1n) is 6.03. The molecule has 0 spiro atoms. The summed E-state index contributed by atoms with van der Waals surface area (Å²) < 4.78 is 13.4. The summed E-state index contributed by atoms with van der Waals surface area (Å²) in [4.78, 5) is 10.9. The van der Waals surface area contributed by atoms with Crippen molar-refractivity contribution in [3.05, 3.63) is 29.1 Å². The predicted octanol–water partition coefficient (Wildman–Crippen LogP) is 1.77. The third-order valence-electron chi connectivity index (χ3n) is 3.34. The van der Waals surface area contributed by atoms with Crippen LogP contribution in [0.3, 0.4) is 0 Å². The van der Waals surface area contributed by atoms with Gasteiger partial charge in [-0.2, -0.15) is 0 Å². The summed E-state index contributed by atoms with van der Waals surface area (Å²) in [5.74, 6) is -2.51. The first-order chi connectivity index (χ1) is 8.58. The van der Waals surface area contributed by atoms with Gasteiger partial charge in [-0.3, -0.25) is 0 Å². The van der Waals surface area contributed by atoms with E-state index in [9.17, 15) is 14.3 Å². The Labute approximate surface area is 104 Å². The number of carboxylic acids is 1. The lowest BCUT2D eigenvalue weighted by Crippen LogP contribution is -2.28. The molecule has 1 aliphatic heterocycles. The van der Waals surface area contributed by atoms with E-state index in [1.54, 1.807) is 0 Å². The van der Waals surface area contributed by atoms with Crippen molar-refractivity contribution in [2.24, 2.45) is 5.92 Å². The molecule has 0 saturated carbocycles. The fraction of sp³-hybridized carbons (Fsp3) is 0.462. The Balaban J connectivity index is 2.20. The van der Waals surface area contributed by atoms with Gasteiger partial charge in [0.25, 0.3) is 0 Å². The van der Waals surface area contributed by atoms with Crippen LogP contribution < -0.4 is 5.32 Å². The Morgan fingerprint density at radius 2 is 2.06 bits per heavy atom. The zero-order valence-electron chi connectivity index (χ0n) is 9.95. The van der Waals surface area contributed by atoms with Crippen LogP contribution in [0.15, 0.2) is 12.1 Å². The third-order valence-corrected chi connectivity index (χ3v) is 3.34. The van der Waals surface area contributed by atoms with Crippen molar-refractivity contribution in [3.8, 4) is 5.75 Å². The number of rotatable bonds is 3. The first-order valence-corrected chi connectivity index (χ1v) is 6.03. The van der Waals surface area contributed by atoms with Gasteiger partial charge < -0.3 is 15.5 Å². The molecule has 1 saturated heterocycles. The van der Waals surface area contributed by atoms with Crippen molar-refractivity contribution in [2.45, 2.75) is 19.3 Å². The minimum atomic E-state index is -1.31. The normalized spacial score (nSPS) is 16.7. The number of aromatic hydroxyl groups is 1. The van der Waals surface area contributed by atoms with Crippen LogP contribution in [-0.2, 0) is 6.42 Å². The van der Waals surface area contributed by atoms with E-state index >= 15 is 0 Å².